The van der Waals surface area contributed by atoms with Crippen molar-refractivity contribution in [3.05, 3.63) is 0 Å². The van der Waals surface area contributed by atoms with E-state index in [-0.39, 0.29) is 24.1 Å². The van der Waals surface area contributed by atoms with Crippen molar-refractivity contribution >= 4 is 11.9 Å². The summed E-state index contributed by atoms with van der Waals surface area (Å²) in [5.41, 5.74) is 16.0. The van der Waals surface area contributed by atoms with Gasteiger partial charge in [-0.3, -0.25) is 10.6 Å². The molecule has 0 aromatic carbocycles. The molecule has 0 fully saturated rings. The van der Waals surface area contributed by atoms with Crippen LogP contribution in [0.4, 0.5) is 0 Å². The first-order chi connectivity index (χ1) is 5.15. The molecule has 0 aromatic heterocycles. The first-order valence-electron chi connectivity index (χ1n) is 2.95. The maximum absolute atomic E-state index is 8.69. The molecule has 8 nitrogen and oxygen atoms in total. The van der Waals surface area contributed by atoms with Gasteiger partial charge in [0, 0.05) is 0 Å². The molecule has 1 unspecified atom stereocenters. The van der Waals surface area contributed by atoms with E-state index in [9.17, 15) is 0 Å². The van der Waals surface area contributed by atoms with Gasteiger partial charge in [-0.05, 0) is 0 Å². The zero-order chi connectivity index (χ0) is 8.43. The molecule has 0 amide bonds. The molecule has 70 valence electrons. The van der Waals surface area contributed by atoms with Gasteiger partial charge in [0.15, 0.2) is 6.29 Å². The van der Waals surface area contributed by atoms with Crippen molar-refractivity contribution in [1.82, 2.24) is 4.90 Å². The van der Waals surface area contributed by atoms with E-state index in [4.69, 9.17) is 22.3 Å². The molecule has 0 aromatic rings. The van der Waals surface area contributed by atoms with E-state index in [1.165, 1.54) is 4.90 Å². The van der Waals surface area contributed by atoms with Crippen LogP contribution in [-0.2, 0) is 0 Å². The summed E-state index contributed by atoms with van der Waals surface area (Å²) in [4.78, 5) is 8.45. The lowest BCUT2D eigenvalue weighted by atomic mass is 10.6. The molecule has 0 aliphatic carbocycles. The first kappa shape index (κ1) is 10.6. The Morgan fingerprint density at radius 1 is 1.50 bits per heavy atom. The minimum absolute atomic E-state index is 0. The lowest BCUT2D eigenvalue weighted by molar-refractivity contribution is 0.136. The van der Waals surface area contributed by atoms with Crippen LogP contribution in [0.1, 0.15) is 0 Å². The lowest BCUT2D eigenvalue weighted by Gasteiger charge is -2.27. The third-order valence-corrected chi connectivity index (χ3v) is 1.26. The molecule has 0 spiro atoms. The highest BCUT2D eigenvalue weighted by Gasteiger charge is 2.18. The van der Waals surface area contributed by atoms with Crippen LogP contribution in [0.15, 0.2) is 9.98 Å². The lowest BCUT2D eigenvalue weighted by Crippen LogP contribution is -2.52. The number of guanidine groups is 2. The summed E-state index contributed by atoms with van der Waals surface area (Å²) in [6, 6.07) is 0. The summed E-state index contributed by atoms with van der Waals surface area (Å²) >= 11 is 0. The summed E-state index contributed by atoms with van der Waals surface area (Å²) in [6.45, 7) is -0.326. The van der Waals surface area contributed by atoms with Crippen LogP contribution in [-0.4, -0.2) is 40.4 Å². The van der Waals surface area contributed by atoms with E-state index in [1.54, 1.807) is 0 Å². The Hall–Kier alpha value is -1.38. The number of nitrogens with two attached hydrogens (primary N) is 3. The molecule has 1 atom stereocenters. The fourth-order valence-corrected chi connectivity index (χ4v) is 0.707. The van der Waals surface area contributed by atoms with Crippen molar-refractivity contribution in [3.8, 4) is 0 Å². The minimum atomic E-state index is -0.738. The molecular weight excluding hydrogens is 164 g/mol. The van der Waals surface area contributed by atoms with E-state index < -0.39 is 6.29 Å². The molecule has 0 bridgehead atoms. The standard InChI is InChI=1S/C4H10N6O.H2O/c5-2-8-3(6)10(1-11)4(7)9-2;/h3,11H,1,6H2,(H4,5,7,8,9);1H2. The van der Waals surface area contributed by atoms with E-state index in [2.05, 4.69) is 9.98 Å². The summed E-state index contributed by atoms with van der Waals surface area (Å²) in [5, 5.41) is 8.69. The predicted molar refractivity (Wildman–Crippen MR) is 43.8 cm³/mol. The summed E-state index contributed by atoms with van der Waals surface area (Å²) in [6.07, 6.45) is -0.738. The summed E-state index contributed by atoms with van der Waals surface area (Å²) in [7, 11) is 0. The number of hydrogen-bond acceptors (Lipinski definition) is 7. The van der Waals surface area contributed by atoms with Crippen molar-refractivity contribution in [2.24, 2.45) is 27.2 Å². The van der Waals surface area contributed by atoms with E-state index in [0.717, 1.165) is 0 Å². The van der Waals surface area contributed by atoms with Crippen molar-refractivity contribution in [3.63, 3.8) is 0 Å². The van der Waals surface area contributed by atoms with Gasteiger partial charge < -0.3 is 22.1 Å². The van der Waals surface area contributed by atoms with Gasteiger partial charge in [-0.15, -0.1) is 0 Å². The smallest absolute Gasteiger partial charge is 0.221 e. The SMILES string of the molecule is NC1=NC(N)N(CO)C(N)=N1.O. The van der Waals surface area contributed by atoms with Gasteiger partial charge in [-0.2, -0.15) is 4.99 Å². The molecule has 1 rings (SSSR count). The molecule has 1 heterocycles. The Bertz CT molecular complexity index is 214. The largest absolute Gasteiger partial charge is 0.412 e. The van der Waals surface area contributed by atoms with Gasteiger partial charge in [0.25, 0.3) is 0 Å². The van der Waals surface area contributed by atoms with Gasteiger partial charge >= 0.3 is 0 Å². The maximum atomic E-state index is 8.69. The second-order valence-corrected chi connectivity index (χ2v) is 1.98. The third-order valence-electron chi connectivity index (χ3n) is 1.26. The van der Waals surface area contributed by atoms with E-state index >= 15 is 0 Å². The Labute approximate surface area is 68.7 Å². The fraction of sp³-hybridized carbons (Fsp3) is 0.500. The number of aliphatic imine (C=N–C) groups is 2. The van der Waals surface area contributed by atoms with E-state index in [0.29, 0.717) is 0 Å². The topological polar surface area (TPSA) is 158 Å². The van der Waals surface area contributed by atoms with Gasteiger partial charge in [-0.25, -0.2) is 4.99 Å². The number of rotatable bonds is 1. The number of nitrogens with zero attached hydrogens (tertiary/aromatic N) is 3. The zero-order valence-electron chi connectivity index (χ0n) is 6.31. The molecule has 1 aliphatic rings. The first-order valence-corrected chi connectivity index (χ1v) is 2.95. The zero-order valence-corrected chi connectivity index (χ0v) is 6.31. The van der Waals surface area contributed by atoms with Gasteiger partial charge in [0.1, 0.15) is 6.73 Å². The van der Waals surface area contributed by atoms with Crippen LogP contribution in [0.3, 0.4) is 0 Å². The molecular formula is C4H12N6O2. The van der Waals surface area contributed by atoms with Crippen LogP contribution in [0.5, 0.6) is 0 Å². The van der Waals surface area contributed by atoms with Gasteiger partial charge in [-0.1, -0.05) is 0 Å². The number of aliphatic hydroxyl groups is 1. The average Bonchev–Trinajstić information content (AvgIpc) is 1.85. The normalized spacial score (nSPS) is 22.5. The highest BCUT2D eigenvalue weighted by Crippen LogP contribution is 1.98. The van der Waals surface area contributed by atoms with Crippen molar-refractivity contribution in [2.45, 2.75) is 6.29 Å². The molecule has 0 radical (unpaired) electrons. The monoisotopic (exact) mass is 176 g/mol. The highest BCUT2D eigenvalue weighted by molar-refractivity contribution is 5.95. The Morgan fingerprint density at radius 2 is 2.08 bits per heavy atom. The fourth-order valence-electron chi connectivity index (χ4n) is 0.707. The van der Waals surface area contributed by atoms with Crippen LogP contribution in [0.2, 0.25) is 0 Å². The van der Waals surface area contributed by atoms with Crippen LogP contribution < -0.4 is 17.2 Å². The Kier molecular flexibility index (Phi) is 3.41. The molecule has 1 aliphatic heterocycles. The number of aliphatic hydroxyl groups excluding tert-OH is 1. The van der Waals surface area contributed by atoms with Gasteiger partial charge in [0.05, 0.1) is 0 Å². The molecule has 12 heavy (non-hydrogen) atoms. The molecule has 0 saturated heterocycles. The second kappa shape index (κ2) is 3.85. The Morgan fingerprint density at radius 3 is 2.50 bits per heavy atom. The summed E-state index contributed by atoms with van der Waals surface area (Å²) in [5.74, 6) is 0.104. The third kappa shape index (κ3) is 1.81. The molecule has 0 saturated carbocycles. The van der Waals surface area contributed by atoms with Crippen LogP contribution in [0, 0.1) is 0 Å². The molecule has 8 heteroatoms. The average molecular weight is 176 g/mol. The maximum Gasteiger partial charge on any atom is 0.221 e. The van der Waals surface area contributed by atoms with Crippen molar-refractivity contribution in [1.29, 1.82) is 0 Å². The quantitative estimate of drug-likeness (QED) is 0.323. The predicted octanol–water partition coefficient (Wildman–Crippen LogP) is -3.70. The Balaban J connectivity index is 0.00000121. The van der Waals surface area contributed by atoms with Crippen LogP contribution in [0.25, 0.3) is 0 Å². The number of hydrogen-bond donors (Lipinski definition) is 4. The van der Waals surface area contributed by atoms with Crippen LogP contribution >= 0.6 is 0 Å². The van der Waals surface area contributed by atoms with Crippen molar-refractivity contribution in [2.75, 3.05) is 6.73 Å². The molecule has 9 N–H and O–H groups in total. The van der Waals surface area contributed by atoms with Gasteiger partial charge in [0.2, 0.25) is 11.9 Å². The van der Waals surface area contributed by atoms with E-state index in [1.807, 2.05) is 0 Å². The summed E-state index contributed by atoms with van der Waals surface area (Å²) < 4.78 is 0. The second-order valence-electron chi connectivity index (χ2n) is 1.98. The minimum Gasteiger partial charge on any atom is -0.412 e. The highest BCUT2D eigenvalue weighted by atomic mass is 16.3. The van der Waals surface area contributed by atoms with Crippen molar-refractivity contribution < 1.29 is 10.6 Å².